The van der Waals surface area contributed by atoms with Gasteiger partial charge < -0.3 is 10.2 Å². The molecule has 0 unspecified atom stereocenters. The van der Waals surface area contributed by atoms with Gasteiger partial charge in [-0.1, -0.05) is 29.3 Å². The second kappa shape index (κ2) is 10.8. The van der Waals surface area contributed by atoms with Gasteiger partial charge in [0.15, 0.2) is 0 Å². The Kier molecular flexibility index (Phi) is 8.74. The average molecular weight is 561 g/mol. The van der Waals surface area contributed by atoms with Gasteiger partial charge >= 0.3 is 23.6 Å². The van der Waals surface area contributed by atoms with Gasteiger partial charge in [-0.05, 0) is 48.5 Å². The topological polar surface area (TPSA) is 103 Å². The quantitative estimate of drug-likeness (QED) is 0.227. The number of carbonyl (C=O) groups is 2. The second-order valence-corrected chi connectivity index (χ2v) is 8.48. The molecule has 188 valence electrons. The van der Waals surface area contributed by atoms with Crippen molar-refractivity contribution in [3.8, 4) is 11.3 Å². The summed E-state index contributed by atoms with van der Waals surface area (Å²) in [5, 5.41) is 22.2. The summed E-state index contributed by atoms with van der Waals surface area (Å²) >= 11 is 11.0. The number of alkyl halides is 6. The fourth-order valence-electron chi connectivity index (χ4n) is 2.73. The summed E-state index contributed by atoms with van der Waals surface area (Å²) in [7, 11) is 0. The summed E-state index contributed by atoms with van der Waals surface area (Å²) in [6.07, 6.45) is -3.79. The van der Waals surface area contributed by atoms with Crippen LogP contribution < -0.4 is 0 Å². The molecule has 35 heavy (non-hydrogen) atoms. The van der Waals surface area contributed by atoms with Crippen LogP contribution in [0.2, 0.25) is 10.0 Å². The number of thioether (sulfide) groups is 1. The van der Waals surface area contributed by atoms with E-state index in [-0.39, 0.29) is 32.8 Å². The second-order valence-electron chi connectivity index (χ2n) is 6.56. The molecular weight excluding hydrogens is 549 g/mol. The number of carboxylic acids is 2. The molecule has 3 N–H and O–H groups in total. The Morgan fingerprint density at radius 3 is 1.86 bits per heavy atom. The number of carboxylic acid groups (broad SMARTS) is 2. The van der Waals surface area contributed by atoms with E-state index in [2.05, 4.69) is 10.2 Å². The summed E-state index contributed by atoms with van der Waals surface area (Å²) in [5.41, 5.74) is -5.74. The van der Waals surface area contributed by atoms with E-state index < -0.39 is 51.0 Å². The van der Waals surface area contributed by atoms with E-state index in [4.69, 9.17) is 33.4 Å². The summed E-state index contributed by atoms with van der Waals surface area (Å²) in [6.45, 7) is 1.48. The van der Waals surface area contributed by atoms with E-state index >= 15 is 0 Å². The lowest BCUT2D eigenvalue weighted by atomic mass is 10.0. The van der Waals surface area contributed by atoms with E-state index in [9.17, 15) is 35.9 Å². The maximum absolute atomic E-state index is 12.6. The Morgan fingerprint density at radius 1 is 0.971 bits per heavy atom. The first-order chi connectivity index (χ1) is 16.0. The number of benzene rings is 2. The van der Waals surface area contributed by atoms with Crippen molar-refractivity contribution in [2.75, 3.05) is 0 Å². The monoisotopic (exact) mass is 560 g/mol. The molecule has 0 saturated carbocycles. The number of hydrogen-bond acceptors (Lipinski definition) is 4. The molecule has 0 aliphatic rings. The third-order valence-corrected chi connectivity index (χ3v) is 5.60. The Hall–Kier alpha value is -2.90. The van der Waals surface area contributed by atoms with Gasteiger partial charge in [0.25, 0.3) is 0 Å². The SMILES string of the molecule is Cc1c(C(=O)O)cccc1C(=O)O.FC(F)(F)Sc1cn[nH]c1-c1c(Cl)cc(C(F)(F)F)cc1Cl. The molecule has 3 rings (SSSR count). The van der Waals surface area contributed by atoms with Gasteiger partial charge in [-0.3, -0.25) is 5.10 Å². The maximum atomic E-state index is 12.6. The number of nitrogens with one attached hydrogen (secondary N) is 1. The molecule has 1 aromatic heterocycles. The largest absolute Gasteiger partial charge is 0.478 e. The number of nitrogens with zero attached hydrogens (tertiary/aromatic N) is 1. The fraction of sp³-hybridized carbons (Fsp3) is 0.150. The van der Waals surface area contributed by atoms with Crippen LogP contribution in [-0.2, 0) is 6.18 Å². The van der Waals surface area contributed by atoms with E-state index in [1.165, 1.54) is 25.1 Å². The predicted molar refractivity (Wildman–Crippen MR) is 116 cm³/mol. The third-order valence-electron chi connectivity index (χ3n) is 4.24. The van der Waals surface area contributed by atoms with Crippen molar-refractivity contribution < 1.29 is 46.1 Å². The number of halogens is 8. The highest BCUT2D eigenvalue weighted by atomic mass is 35.5. The van der Waals surface area contributed by atoms with Crippen molar-refractivity contribution in [1.82, 2.24) is 10.2 Å². The molecule has 6 nitrogen and oxygen atoms in total. The minimum Gasteiger partial charge on any atom is -0.478 e. The van der Waals surface area contributed by atoms with Gasteiger partial charge in [-0.2, -0.15) is 31.4 Å². The normalized spacial score (nSPS) is 11.6. The van der Waals surface area contributed by atoms with E-state index in [1.54, 1.807) is 0 Å². The minimum absolute atomic E-state index is 0.0277. The lowest BCUT2D eigenvalue weighted by Gasteiger charge is -2.12. The molecule has 15 heteroatoms. The van der Waals surface area contributed by atoms with Crippen LogP contribution in [0.15, 0.2) is 41.4 Å². The van der Waals surface area contributed by atoms with Crippen LogP contribution >= 0.6 is 35.0 Å². The summed E-state index contributed by atoms with van der Waals surface area (Å²) in [5.74, 6) is -2.22. The number of rotatable bonds is 4. The lowest BCUT2D eigenvalue weighted by Crippen LogP contribution is -2.06. The Bertz CT molecular complexity index is 1210. The Morgan fingerprint density at radius 2 is 1.46 bits per heavy atom. The fourth-order valence-corrected chi connectivity index (χ4v) is 4.01. The molecule has 0 aliphatic carbocycles. The van der Waals surface area contributed by atoms with Crippen LogP contribution in [-0.4, -0.2) is 37.9 Å². The molecular formula is C20H12Cl2F6N2O4S. The molecule has 0 bridgehead atoms. The molecule has 0 saturated heterocycles. The van der Waals surface area contributed by atoms with Crippen LogP contribution in [0.3, 0.4) is 0 Å². The van der Waals surface area contributed by atoms with Gasteiger partial charge in [-0.15, -0.1) is 0 Å². The van der Waals surface area contributed by atoms with E-state index in [0.717, 1.165) is 6.20 Å². The van der Waals surface area contributed by atoms with Crippen molar-refractivity contribution in [2.24, 2.45) is 0 Å². The van der Waals surface area contributed by atoms with E-state index in [1.807, 2.05) is 0 Å². The highest BCUT2D eigenvalue weighted by Gasteiger charge is 2.34. The smallest absolute Gasteiger partial charge is 0.446 e. The zero-order chi connectivity index (χ0) is 26.7. The highest BCUT2D eigenvalue weighted by molar-refractivity contribution is 8.00. The molecule has 0 fully saturated rings. The molecule has 0 aliphatic heterocycles. The minimum atomic E-state index is -4.68. The predicted octanol–water partition coefficient (Wildman–Crippen LogP) is 7.41. The summed E-state index contributed by atoms with van der Waals surface area (Å²) in [4.78, 5) is 20.9. The van der Waals surface area contributed by atoms with E-state index in [0.29, 0.717) is 12.1 Å². The van der Waals surface area contributed by atoms with Crippen molar-refractivity contribution in [3.05, 3.63) is 68.8 Å². The zero-order valence-electron chi connectivity index (χ0n) is 17.1. The summed E-state index contributed by atoms with van der Waals surface area (Å²) < 4.78 is 75.2. The first-order valence-electron chi connectivity index (χ1n) is 8.94. The molecule has 0 atom stereocenters. The zero-order valence-corrected chi connectivity index (χ0v) is 19.4. The van der Waals surface area contributed by atoms with Gasteiger partial charge in [0.2, 0.25) is 0 Å². The van der Waals surface area contributed by atoms with Crippen LogP contribution in [0, 0.1) is 6.92 Å². The van der Waals surface area contributed by atoms with Crippen LogP contribution in [0.5, 0.6) is 0 Å². The van der Waals surface area contributed by atoms with Crippen molar-refractivity contribution in [2.45, 2.75) is 23.5 Å². The van der Waals surface area contributed by atoms with Crippen molar-refractivity contribution >= 4 is 46.9 Å². The Balaban J connectivity index is 0.000000283. The van der Waals surface area contributed by atoms with Gasteiger partial charge in [0.05, 0.1) is 43.5 Å². The highest BCUT2D eigenvalue weighted by Crippen LogP contribution is 2.45. The number of aromatic nitrogens is 2. The van der Waals surface area contributed by atoms with Crippen LogP contribution in [0.25, 0.3) is 11.3 Å². The molecule has 0 radical (unpaired) electrons. The van der Waals surface area contributed by atoms with Crippen LogP contribution in [0.1, 0.15) is 31.8 Å². The molecule has 0 amide bonds. The first kappa shape index (κ1) is 28.3. The van der Waals surface area contributed by atoms with Gasteiger partial charge in [-0.25, -0.2) is 9.59 Å². The summed E-state index contributed by atoms with van der Waals surface area (Å²) in [6, 6.07) is 5.35. The molecule has 0 spiro atoms. The molecule has 1 heterocycles. The number of aromatic carboxylic acids is 2. The van der Waals surface area contributed by atoms with Gasteiger partial charge in [0, 0.05) is 5.56 Å². The number of aromatic amines is 1. The van der Waals surface area contributed by atoms with Crippen molar-refractivity contribution in [1.29, 1.82) is 0 Å². The van der Waals surface area contributed by atoms with Crippen LogP contribution in [0.4, 0.5) is 26.3 Å². The molecule has 2 aromatic carbocycles. The standard InChI is InChI=1S/C11H4Cl2F6N2S.C9H8O4/c12-5-1-4(10(14,15)16)2-6(13)8(5)9-7(3-20-21-9)22-11(17,18)19;1-5-6(8(10)11)3-2-4-7(5)9(12)13/h1-3H,(H,20,21);2-4H,1H3,(H,10,11)(H,12,13). The third kappa shape index (κ3) is 7.29. The molecule has 3 aromatic rings. The Labute approximate surface area is 206 Å². The first-order valence-corrected chi connectivity index (χ1v) is 10.5. The maximum Gasteiger partial charge on any atom is 0.446 e. The number of hydrogen-bond donors (Lipinski definition) is 3. The average Bonchev–Trinajstić information content (AvgIpc) is 3.12. The lowest BCUT2D eigenvalue weighted by molar-refractivity contribution is -0.137. The van der Waals surface area contributed by atoms with Gasteiger partial charge in [0.1, 0.15) is 0 Å². The van der Waals surface area contributed by atoms with Crippen molar-refractivity contribution in [3.63, 3.8) is 0 Å². The number of H-pyrrole nitrogens is 1.